The van der Waals surface area contributed by atoms with Crippen LogP contribution in [0.4, 0.5) is 0 Å². The average Bonchev–Trinajstić information content (AvgIpc) is 2.43. The number of hydrogen-bond acceptors (Lipinski definition) is 5. The third kappa shape index (κ3) is 3.82. The maximum Gasteiger partial charge on any atom is 0.178 e. The molecule has 5 heteroatoms. The number of nitrogens with zero attached hydrogens (tertiary/aromatic N) is 3. The molecule has 1 N–H and O–H groups in total. The van der Waals surface area contributed by atoms with Gasteiger partial charge >= 0.3 is 0 Å². The predicted octanol–water partition coefficient (Wildman–Crippen LogP) is 1.89. The Balaban J connectivity index is 2.18. The number of pyridine rings is 1. The van der Waals surface area contributed by atoms with Crippen molar-refractivity contribution < 1.29 is 4.74 Å². The molecule has 2 aromatic rings. The minimum Gasteiger partial charge on any atom is -0.383 e. The fourth-order valence-electron chi connectivity index (χ4n) is 1.94. The van der Waals surface area contributed by atoms with E-state index < -0.39 is 0 Å². The summed E-state index contributed by atoms with van der Waals surface area (Å²) in [5, 5.41) is 3.29. The van der Waals surface area contributed by atoms with Gasteiger partial charge in [-0.05, 0) is 31.5 Å². The van der Waals surface area contributed by atoms with Gasteiger partial charge in [0, 0.05) is 32.1 Å². The second-order valence-electron chi connectivity index (χ2n) is 4.66. The highest BCUT2D eigenvalue weighted by Gasteiger charge is 2.08. The molecule has 2 aromatic heterocycles. The molecule has 5 nitrogen and oxygen atoms in total. The number of rotatable bonds is 6. The van der Waals surface area contributed by atoms with Crippen molar-refractivity contribution in [2.75, 3.05) is 20.3 Å². The lowest BCUT2D eigenvalue weighted by molar-refractivity contribution is 0.199. The highest BCUT2D eigenvalue weighted by Crippen LogP contribution is 2.17. The lowest BCUT2D eigenvalue weighted by Crippen LogP contribution is -2.19. The van der Waals surface area contributed by atoms with Crippen LogP contribution < -0.4 is 5.32 Å². The van der Waals surface area contributed by atoms with Crippen LogP contribution in [0.2, 0.25) is 0 Å². The zero-order chi connectivity index (χ0) is 14.4. The van der Waals surface area contributed by atoms with Crippen LogP contribution in [0.1, 0.15) is 17.0 Å². The molecule has 20 heavy (non-hydrogen) atoms. The van der Waals surface area contributed by atoms with Gasteiger partial charge in [-0.1, -0.05) is 6.07 Å². The number of ether oxygens (including phenoxy) is 1. The largest absolute Gasteiger partial charge is 0.383 e. The summed E-state index contributed by atoms with van der Waals surface area (Å²) < 4.78 is 5.01. The molecule has 2 heterocycles. The first-order valence-corrected chi connectivity index (χ1v) is 6.67. The highest BCUT2D eigenvalue weighted by molar-refractivity contribution is 5.54. The molecular formula is C15H20N4O. The Morgan fingerprint density at radius 3 is 2.85 bits per heavy atom. The van der Waals surface area contributed by atoms with Crippen molar-refractivity contribution in [1.29, 1.82) is 0 Å². The van der Waals surface area contributed by atoms with Crippen LogP contribution in [-0.4, -0.2) is 35.2 Å². The number of hydrogen-bond donors (Lipinski definition) is 1. The molecule has 0 saturated carbocycles. The molecule has 2 rings (SSSR count). The quantitative estimate of drug-likeness (QED) is 0.814. The maximum absolute atomic E-state index is 5.01. The van der Waals surface area contributed by atoms with Gasteiger partial charge in [0.05, 0.1) is 12.3 Å². The Hall–Kier alpha value is -1.85. The van der Waals surface area contributed by atoms with E-state index in [-0.39, 0.29) is 0 Å². The normalized spacial score (nSPS) is 10.8. The molecule has 0 aliphatic carbocycles. The van der Waals surface area contributed by atoms with E-state index in [1.807, 2.05) is 32.0 Å². The lowest BCUT2D eigenvalue weighted by Gasteiger charge is -2.08. The van der Waals surface area contributed by atoms with Gasteiger partial charge < -0.3 is 10.1 Å². The first-order chi connectivity index (χ1) is 9.70. The summed E-state index contributed by atoms with van der Waals surface area (Å²) in [7, 11) is 1.69. The van der Waals surface area contributed by atoms with Crippen LogP contribution in [0.3, 0.4) is 0 Å². The summed E-state index contributed by atoms with van der Waals surface area (Å²) in [6.45, 7) is 6.19. The van der Waals surface area contributed by atoms with E-state index in [1.54, 1.807) is 13.3 Å². The molecule has 0 spiro atoms. The second kappa shape index (κ2) is 7.07. The standard InChI is InChI=1S/C15H20N4O/c1-11-5-4-6-17-14(11)15-18-12(2)9-13(19-15)10-16-7-8-20-3/h4-6,9,16H,7-8,10H2,1-3H3. The summed E-state index contributed by atoms with van der Waals surface area (Å²) in [6, 6.07) is 5.92. The number of aromatic nitrogens is 3. The zero-order valence-corrected chi connectivity index (χ0v) is 12.2. The van der Waals surface area contributed by atoms with Crippen LogP contribution in [-0.2, 0) is 11.3 Å². The van der Waals surface area contributed by atoms with E-state index in [0.29, 0.717) is 19.0 Å². The van der Waals surface area contributed by atoms with Crippen molar-refractivity contribution in [2.24, 2.45) is 0 Å². The van der Waals surface area contributed by atoms with E-state index >= 15 is 0 Å². The van der Waals surface area contributed by atoms with Gasteiger partial charge in [-0.25, -0.2) is 9.97 Å². The topological polar surface area (TPSA) is 59.9 Å². The molecule has 0 atom stereocenters. The van der Waals surface area contributed by atoms with E-state index in [0.717, 1.165) is 29.2 Å². The molecule has 0 aromatic carbocycles. The van der Waals surface area contributed by atoms with Gasteiger partial charge in [-0.15, -0.1) is 0 Å². The molecule has 106 valence electrons. The first kappa shape index (κ1) is 14.6. The molecule has 0 radical (unpaired) electrons. The van der Waals surface area contributed by atoms with Crippen molar-refractivity contribution in [3.8, 4) is 11.5 Å². The SMILES string of the molecule is COCCNCc1cc(C)nc(-c2ncccc2C)n1. The van der Waals surface area contributed by atoms with Crippen LogP contribution in [0.5, 0.6) is 0 Å². The summed E-state index contributed by atoms with van der Waals surface area (Å²) in [5.74, 6) is 0.687. The van der Waals surface area contributed by atoms with Crippen molar-refractivity contribution in [3.05, 3.63) is 41.3 Å². The van der Waals surface area contributed by atoms with E-state index in [1.165, 1.54) is 0 Å². The van der Waals surface area contributed by atoms with E-state index in [9.17, 15) is 0 Å². The summed E-state index contributed by atoms with van der Waals surface area (Å²) >= 11 is 0. The van der Waals surface area contributed by atoms with Crippen molar-refractivity contribution >= 4 is 0 Å². The molecule has 0 unspecified atom stereocenters. The molecule has 0 saturated heterocycles. The van der Waals surface area contributed by atoms with Crippen LogP contribution in [0, 0.1) is 13.8 Å². The van der Waals surface area contributed by atoms with Crippen molar-refractivity contribution in [2.45, 2.75) is 20.4 Å². The molecule has 0 bridgehead atoms. The number of nitrogens with one attached hydrogen (secondary N) is 1. The van der Waals surface area contributed by atoms with Gasteiger partial charge in [0.15, 0.2) is 5.82 Å². The number of aryl methyl sites for hydroxylation is 2. The lowest BCUT2D eigenvalue weighted by atomic mass is 10.2. The van der Waals surface area contributed by atoms with Crippen LogP contribution >= 0.6 is 0 Å². The maximum atomic E-state index is 5.01. The first-order valence-electron chi connectivity index (χ1n) is 6.67. The third-order valence-electron chi connectivity index (χ3n) is 2.92. The van der Waals surface area contributed by atoms with Gasteiger partial charge in [-0.3, -0.25) is 4.98 Å². The van der Waals surface area contributed by atoms with E-state index in [2.05, 4.69) is 20.3 Å². The van der Waals surface area contributed by atoms with Gasteiger partial charge in [0.2, 0.25) is 0 Å². The van der Waals surface area contributed by atoms with Gasteiger partial charge in [-0.2, -0.15) is 0 Å². The Labute approximate surface area is 119 Å². The van der Waals surface area contributed by atoms with Crippen LogP contribution in [0.25, 0.3) is 11.5 Å². The fraction of sp³-hybridized carbons (Fsp3) is 0.400. The van der Waals surface area contributed by atoms with Crippen molar-refractivity contribution in [1.82, 2.24) is 20.3 Å². The summed E-state index contributed by atoms with van der Waals surface area (Å²) in [6.07, 6.45) is 1.77. The second-order valence-corrected chi connectivity index (χ2v) is 4.66. The molecule has 0 amide bonds. The van der Waals surface area contributed by atoms with Crippen molar-refractivity contribution in [3.63, 3.8) is 0 Å². The molecule has 0 aliphatic heterocycles. The smallest absolute Gasteiger partial charge is 0.178 e. The Bertz CT molecular complexity index is 572. The van der Waals surface area contributed by atoms with Crippen LogP contribution in [0.15, 0.2) is 24.4 Å². The third-order valence-corrected chi connectivity index (χ3v) is 2.92. The number of methoxy groups -OCH3 is 1. The molecule has 0 aliphatic rings. The molecular weight excluding hydrogens is 252 g/mol. The Morgan fingerprint density at radius 2 is 2.10 bits per heavy atom. The minimum absolute atomic E-state index is 0.687. The Morgan fingerprint density at radius 1 is 1.25 bits per heavy atom. The predicted molar refractivity (Wildman–Crippen MR) is 78.3 cm³/mol. The van der Waals surface area contributed by atoms with E-state index in [4.69, 9.17) is 4.74 Å². The Kier molecular flexibility index (Phi) is 5.15. The monoisotopic (exact) mass is 272 g/mol. The summed E-state index contributed by atoms with van der Waals surface area (Å²) in [5.41, 5.74) is 3.84. The highest BCUT2D eigenvalue weighted by atomic mass is 16.5. The summed E-state index contributed by atoms with van der Waals surface area (Å²) in [4.78, 5) is 13.4. The van der Waals surface area contributed by atoms with Gasteiger partial charge in [0.1, 0.15) is 5.69 Å². The minimum atomic E-state index is 0.687. The fourth-order valence-corrected chi connectivity index (χ4v) is 1.94. The zero-order valence-electron chi connectivity index (χ0n) is 12.2. The molecule has 0 fully saturated rings. The van der Waals surface area contributed by atoms with Gasteiger partial charge in [0.25, 0.3) is 0 Å². The average molecular weight is 272 g/mol.